The van der Waals surface area contributed by atoms with Crippen molar-refractivity contribution in [2.45, 2.75) is 6.54 Å². The van der Waals surface area contributed by atoms with Crippen LogP contribution in [0.3, 0.4) is 0 Å². The summed E-state index contributed by atoms with van der Waals surface area (Å²) in [5.41, 5.74) is 4.60. The van der Waals surface area contributed by atoms with Gasteiger partial charge in [0.15, 0.2) is 0 Å². The molecule has 1 aromatic heterocycles. The van der Waals surface area contributed by atoms with Crippen molar-refractivity contribution >= 4 is 28.8 Å². The Morgan fingerprint density at radius 2 is 1.68 bits per heavy atom. The molecule has 4 aromatic rings. The van der Waals surface area contributed by atoms with Crippen LogP contribution in [0.1, 0.15) is 15.9 Å². The van der Waals surface area contributed by atoms with Gasteiger partial charge in [0, 0.05) is 23.1 Å². The molecule has 28 heavy (non-hydrogen) atoms. The molecule has 0 radical (unpaired) electrons. The van der Waals surface area contributed by atoms with Crippen molar-refractivity contribution < 1.29 is 4.79 Å². The zero-order valence-corrected chi connectivity index (χ0v) is 16.5. The van der Waals surface area contributed by atoms with Crippen molar-refractivity contribution in [2.75, 3.05) is 0 Å². The molecule has 0 spiro atoms. The summed E-state index contributed by atoms with van der Waals surface area (Å²) in [6, 6.07) is 25.2. The van der Waals surface area contributed by atoms with Crippen LogP contribution in [0.15, 0.2) is 84.2 Å². The van der Waals surface area contributed by atoms with Crippen LogP contribution >= 0.6 is 22.9 Å². The Hall–Kier alpha value is -2.95. The highest BCUT2D eigenvalue weighted by molar-refractivity contribution is 7.13. The van der Waals surface area contributed by atoms with Gasteiger partial charge in [-0.25, -0.2) is 4.98 Å². The number of hydrogen-bond donors (Lipinski definition) is 1. The van der Waals surface area contributed by atoms with Crippen LogP contribution in [-0.4, -0.2) is 10.9 Å². The number of amides is 1. The van der Waals surface area contributed by atoms with Gasteiger partial charge >= 0.3 is 0 Å². The van der Waals surface area contributed by atoms with Gasteiger partial charge in [-0.2, -0.15) is 0 Å². The third kappa shape index (κ3) is 4.14. The maximum Gasteiger partial charge on any atom is 0.253 e. The largest absolute Gasteiger partial charge is 0.348 e. The van der Waals surface area contributed by atoms with E-state index in [2.05, 4.69) is 28.9 Å². The predicted octanol–water partition coefficient (Wildman–Crippen LogP) is 6.06. The molecule has 0 aliphatic rings. The summed E-state index contributed by atoms with van der Waals surface area (Å²) in [7, 11) is 0. The van der Waals surface area contributed by atoms with Crippen molar-refractivity contribution in [1.29, 1.82) is 0 Å². The lowest BCUT2D eigenvalue weighted by atomic mass is 10.1. The van der Waals surface area contributed by atoms with Gasteiger partial charge in [-0.05, 0) is 23.8 Å². The molecule has 1 heterocycles. The number of carbonyl (C=O) groups excluding carboxylic acids is 1. The standard InChI is InChI=1S/C23H17ClN2OS/c24-20-12-5-4-11-19(20)22(27)25-14-16-7-6-10-18(13-16)23-26-21(15-28-23)17-8-2-1-3-9-17/h1-13,15H,14H2,(H,25,27). The Bertz CT molecular complexity index is 1110. The van der Waals surface area contributed by atoms with E-state index in [1.807, 2.05) is 36.4 Å². The van der Waals surface area contributed by atoms with Gasteiger partial charge in [-0.3, -0.25) is 4.79 Å². The van der Waals surface area contributed by atoms with Crippen LogP contribution in [0, 0.1) is 0 Å². The van der Waals surface area contributed by atoms with E-state index >= 15 is 0 Å². The number of nitrogens with one attached hydrogen (secondary N) is 1. The Labute approximate surface area is 172 Å². The lowest BCUT2D eigenvalue weighted by Crippen LogP contribution is -2.23. The average Bonchev–Trinajstić information content (AvgIpc) is 3.24. The minimum Gasteiger partial charge on any atom is -0.348 e. The average molecular weight is 405 g/mol. The van der Waals surface area contributed by atoms with E-state index in [1.165, 1.54) is 0 Å². The lowest BCUT2D eigenvalue weighted by Gasteiger charge is -2.08. The Balaban J connectivity index is 1.49. The first-order chi connectivity index (χ1) is 13.7. The normalized spacial score (nSPS) is 10.6. The summed E-state index contributed by atoms with van der Waals surface area (Å²) in [6.45, 7) is 0.425. The van der Waals surface area contributed by atoms with E-state index in [9.17, 15) is 4.79 Å². The monoisotopic (exact) mass is 404 g/mol. The molecule has 0 saturated heterocycles. The molecule has 138 valence electrons. The first-order valence-electron chi connectivity index (χ1n) is 8.84. The Morgan fingerprint density at radius 3 is 2.50 bits per heavy atom. The summed E-state index contributed by atoms with van der Waals surface area (Å²) in [5, 5.41) is 6.40. The van der Waals surface area contributed by atoms with Gasteiger partial charge in [-0.15, -0.1) is 11.3 Å². The number of benzene rings is 3. The van der Waals surface area contributed by atoms with Crippen LogP contribution < -0.4 is 5.32 Å². The molecule has 3 aromatic carbocycles. The highest BCUT2D eigenvalue weighted by Gasteiger charge is 2.10. The number of rotatable bonds is 5. The molecule has 0 fully saturated rings. The SMILES string of the molecule is O=C(NCc1cccc(-c2nc(-c3ccccc3)cs2)c1)c1ccccc1Cl. The predicted molar refractivity (Wildman–Crippen MR) is 116 cm³/mol. The third-order valence-electron chi connectivity index (χ3n) is 4.32. The van der Waals surface area contributed by atoms with Crippen molar-refractivity contribution in [3.05, 3.63) is 100 Å². The zero-order chi connectivity index (χ0) is 19.3. The Kier molecular flexibility index (Phi) is 5.51. The van der Waals surface area contributed by atoms with Crippen LogP contribution in [-0.2, 0) is 6.54 Å². The molecule has 0 aliphatic heterocycles. The Morgan fingerprint density at radius 1 is 0.929 bits per heavy atom. The van der Waals surface area contributed by atoms with Crippen LogP contribution in [0.5, 0.6) is 0 Å². The minimum atomic E-state index is -0.184. The number of nitrogens with zero attached hydrogens (tertiary/aromatic N) is 1. The van der Waals surface area contributed by atoms with E-state index in [1.54, 1.807) is 35.6 Å². The van der Waals surface area contributed by atoms with Gasteiger partial charge in [0.25, 0.3) is 5.91 Å². The summed E-state index contributed by atoms with van der Waals surface area (Å²) in [6.07, 6.45) is 0. The molecule has 3 nitrogen and oxygen atoms in total. The number of hydrogen-bond acceptors (Lipinski definition) is 3. The van der Waals surface area contributed by atoms with E-state index in [0.29, 0.717) is 17.1 Å². The molecular formula is C23H17ClN2OS. The lowest BCUT2D eigenvalue weighted by molar-refractivity contribution is 0.0951. The van der Waals surface area contributed by atoms with E-state index in [0.717, 1.165) is 27.4 Å². The first kappa shape index (κ1) is 18.4. The fraction of sp³-hybridized carbons (Fsp3) is 0.0435. The van der Waals surface area contributed by atoms with Crippen LogP contribution in [0.4, 0.5) is 0 Å². The number of thiazole rings is 1. The van der Waals surface area contributed by atoms with Gasteiger partial charge < -0.3 is 5.32 Å². The molecule has 0 unspecified atom stereocenters. The molecule has 0 bridgehead atoms. The smallest absolute Gasteiger partial charge is 0.253 e. The van der Waals surface area contributed by atoms with Gasteiger partial charge in [0.05, 0.1) is 16.3 Å². The minimum absolute atomic E-state index is 0.184. The fourth-order valence-electron chi connectivity index (χ4n) is 2.89. The maximum absolute atomic E-state index is 12.3. The first-order valence-corrected chi connectivity index (χ1v) is 10.1. The summed E-state index contributed by atoms with van der Waals surface area (Å²) >= 11 is 7.70. The van der Waals surface area contributed by atoms with Gasteiger partial charge in [-0.1, -0.05) is 72.3 Å². The van der Waals surface area contributed by atoms with Gasteiger partial charge in [0.1, 0.15) is 5.01 Å². The second kappa shape index (κ2) is 8.38. The molecular weight excluding hydrogens is 388 g/mol. The van der Waals surface area contributed by atoms with E-state index in [4.69, 9.17) is 16.6 Å². The van der Waals surface area contributed by atoms with Crippen molar-refractivity contribution in [3.63, 3.8) is 0 Å². The molecule has 0 saturated carbocycles. The highest BCUT2D eigenvalue weighted by atomic mass is 35.5. The highest BCUT2D eigenvalue weighted by Crippen LogP contribution is 2.29. The summed E-state index contributed by atoms with van der Waals surface area (Å²) in [4.78, 5) is 17.1. The topological polar surface area (TPSA) is 42.0 Å². The summed E-state index contributed by atoms with van der Waals surface area (Å²) in [5.74, 6) is -0.184. The maximum atomic E-state index is 12.3. The third-order valence-corrected chi connectivity index (χ3v) is 5.54. The second-order valence-electron chi connectivity index (χ2n) is 6.27. The molecule has 1 N–H and O–H groups in total. The second-order valence-corrected chi connectivity index (χ2v) is 7.53. The molecule has 4 rings (SSSR count). The molecule has 0 atom stereocenters. The molecule has 0 aliphatic carbocycles. The van der Waals surface area contributed by atoms with E-state index < -0.39 is 0 Å². The van der Waals surface area contributed by atoms with Crippen molar-refractivity contribution in [3.8, 4) is 21.8 Å². The zero-order valence-electron chi connectivity index (χ0n) is 14.9. The van der Waals surface area contributed by atoms with E-state index in [-0.39, 0.29) is 5.91 Å². The number of aromatic nitrogens is 1. The van der Waals surface area contributed by atoms with Crippen LogP contribution in [0.25, 0.3) is 21.8 Å². The summed E-state index contributed by atoms with van der Waals surface area (Å²) < 4.78 is 0. The van der Waals surface area contributed by atoms with Crippen molar-refractivity contribution in [1.82, 2.24) is 10.3 Å². The number of halogens is 1. The quantitative estimate of drug-likeness (QED) is 0.439. The fourth-order valence-corrected chi connectivity index (χ4v) is 3.93. The molecule has 1 amide bonds. The van der Waals surface area contributed by atoms with Crippen molar-refractivity contribution in [2.24, 2.45) is 0 Å². The van der Waals surface area contributed by atoms with Gasteiger partial charge in [0.2, 0.25) is 0 Å². The number of carbonyl (C=O) groups is 1. The molecule has 5 heteroatoms. The van der Waals surface area contributed by atoms with Crippen LogP contribution in [0.2, 0.25) is 5.02 Å².